The van der Waals surface area contributed by atoms with Crippen molar-refractivity contribution < 1.29 is 4.52 Å². The summed E-state index contributed by atoms with van der Waals surface area (Å²) in [6.07, 6.45) is 0. The molecular formula is C12H8ClN3OS. The number of rotatable bonds is 2. The van der Waals surface area contributed by atoms with Gasteiger partial charge in [-0.3, -0.25) is 0 Å². The normalized spacial score (nSPS) is 10.7. The van der Waals surface area contributed by atoms with Crippen molar-refractivity contribution in [1.29, 1.82) is 0 Å². The monoisotopic (exact) mass is 277 g/mol. The Hall–Kier alpha value is -1.85. The number of anilines is 1. The molecule has 0 aliphatic rings. The molecule has 2 heterocycles. The minimum Gasteiger partial charge on any atom is -0.397 e. The van der Waals surface area contributed by atoms with E-state index in [2.05, 4.69) is 10.1 Å². The molecule has 2 aromatic heterocycles. The summed E-state index contributed by atoms with van der Waals surface area (Å²) in [6.45, 7) is 0. The molecule has 3 rings (SSSR count). The lowest BCUT2D eigenvalue weighted by atomic mass is 10.2. The minimum absolute atomic E-state index is 0.374. The third-order valence-electron chi connectivity index (χ3n) is 2.45. The van der Waals surface area contributed by atoms with Crippen LogP contribution in [0.2, 0.25) is 5.02 Å². The van der Waals surface area contributed by atoms with Crippen LogP contribution in [0.3, 0.4) is 0 Å². The molecule has 4 nitrogen and oxygen atoms in total. The van der Waals surface area contributed by atoms with Gasteiger partial charge in [-0.2, -0.15) is 4.98 Å². The number of hydrogen-bond donors (Lipinski definition) is 1. The Morgan fingerprint density at radius 1 is 1.22 bits per heavy atom. The fourth-order valence-electron chi connectivity index (χ4n) is 1.56. The van der Waals surface area contributed by atoms with Gasteiger partial charge in [0, 0.05) is 0 Å². The second kappa shape index (κ2) is 4.44. The largest absolute Gasteiger partial charge is 0.397 e. The van der Waals surface area contributed by atoms with E-state index in [-0.39, 0.29) is 0 Å². The summed E-state index contributed by atoms with van der Waals surface area (Å²) in [7, 11) is 0. The van der Waals surface area contributed by atoms with Gasteiger partial charge in [-0.1, -0.05) is 28.9 Å². The van der Waals surface area contributed by atoms with Crippen LogP contribution in [-0.2, 0) is 0 Å². The van der Waals surface area contributed by atoms with Gasteiger partial charge >= 0.3 is 0 Å². The van der Waals surface area contributed by atoms with Crippen LogP contribution in [0.15, 0.2) is 40.2 Å². The van der Waals surface area contributed by atoms with Crippen molar-refractivity contribution >= 4 is 28.6 Å². The van der Waals surface area contributed by atoms with Crippen LogP contribution < -0.4 is 5.73 Å². The van der Waals surface area contributed by atoms with Crippen LogP contribution in [0, 0.1) is 0 Å². The van der Waals surface area contributed by atoms with Crippen LogP contribution in [-0.4, -0.2) is 10.1 Å². The van der Waals surface area contributed by atoms with Crippen LogP contribution >= 0.6 is 22.9 Å². The number of para-hydroxylation sites is 1. The number of hydrogen-bond acceptors (Lipinski definition) is 5. The molecule has 6 heteroatoms. The van der Waals surface area contributed by atoms with E-state index in [1.165, 1.54) is 0 Å². The lowest BCUT2D eigenvalue weighted by Gasteiger charge is -2.01. The molecule has 0 saturated heterocycles. The van der Waals surface area contributed by atoms with Crippen molar-refractivity contribution in [2.45, 2.75) is 0 Å². The molecule has 1 aromatic carbocycles. The number of thiophene rings is 1. The topological polar surface area (TPSA) is 64.9 Å². The summed E-state index contributed by atoms with van der Waals surface area (Å²) >= 11 is 7.51. The standard InChI is InChI=1S/C12H8ClN3OS/c13-8-4-1-3-7(10(8)14)12-15-11(16-17-12)9-5-2-6-18-9/h1-6H,14H2. The summed E-state index contributed by atoms with van der Waals surface area (Å²) in [5.41, 5.74) is 6.98. The van der Waals surface area contributed by atoms with Crippen molar-refractivity contribution in [3.05, 3.63) is 40.7 Å². The van der Waals surface area contributed by atoms with E-state index in [4.69, 9.17) is 21.9 Å². The lowest BCUT2D eigenvalue weighted by Crippen LogP contribution is -1.91. The Morgan fingerprint density at radius 2 is 2.11 bits per heavy atom. The molecule has 90 valence electrons. The van der Waals surface area contributed by atoms with E-state index in [9.17, 15) is 0 Å². The average molecular weight is 278 g/mol. The Morgan fingerprint density at radius 3 is 2.89 bits per heavy atom. The minimum atomic E-state index is 0.374. The van der Waals surface area contributed by atoms with Crippen LogP contribution in [0.25, 0.3) is 22.2 Å². The van der Waals surface area contributed by atoms with E-state index in [1.807, 2.05) is 17.5 Å². The van der Waals surface area contributed by atoms with Gasteiger partial charge in [0.05, 0.1) is 21.2 Å². The second-order valence-electron chi connectivity index (χ2n) is 3.60. The first-order valence-electron chi connectivity index (χ1n) is 5.17. The third-order valence-corrected chi connectivity index (χ3v) is 3.65. The molecule has 0 amide bonds. The van der Waals surface area contributed by atoms with Crippen molar-refractivity contribution in [2.24, 2.45) is 0 Å². The van der Waals surface area contributed by atoms with Crippen molar-refractivity contribution in [3.63, 3.8) is 0 Å². The average Bonchev–Trinajstić information content (AvgIpc) is 3.01. The molecular weight excluding hydrogens is 270 g/mol. The van der Waals surface area contributed by atoms with Crippen LogP contribution in [0.5, 0.6) is 0 Å². The van der Waals surface area contributed by atoms with Gasteiger partial charge in [0.25, 0.3) is 5.89 Å². The highest BCUT2D eigenvalue weighted by molar-refractivity contribution is 7.13. The number of benzene rings is 1. The zero-order chi connectivity index (χ0) is 12.5. The Kier molecular flexibility index (Phi) is 2.77. The second-order valence-corrected chi connectivity index (χ2v) is 4.96. The predicted octanol–water partition coefficient (Wildman–Crippen LogP) is 3.70. The molecule has 0 bridgehead atoms. The van der Waals surface area contributed by atoms with E-state index >= 15 is 0 Å². The first-order chi connectivity index (χ1) is 8.75. The number of nitrogen functional groups attached to an aromatic ring is 1. The van der Waals surface area contributed by atoms with Gasteiger partial charge in [-0.15, -0.1) is 11.3 Å². The summed E-state index contributed by atoms with van der Waals surface area (Å²) in [5.74, 6) is 0.928. The lowest BCUT2D eigenvalue weighted by molar-refractivity contribution is 0.432. The number of nitrogens with zero attached hydrogens (tertiary/aromatic N) is 2. The highest BCUT2D eigenvalue weighted by Gasteiger charge is 2.14. The maximum atomic E-state index is 5.96. The summed E-state index contributed by atoms with van der Waals surface area (Å²) < 4.78 is 5.22. The van der Waals surface area contributed by atoms with Crippen LogP contribution in [0.1, 0.15) is 0 Å². The Labute approximate surface area is 112 Å². The summed E-state index contributed by atoms with van der Waals surface area (Å²) in [4.78, 5) is 5.27. The quantitative estimate of drug-likeness (QED) is 0.725. The molecule has 2 N–H and O–H groups in total. The van der Waals surface area contributed by atoms with Gasteiger partial charge in [0.15, 0.2) is 0 Å². The molecule has 0 spiro atoms. The molecule has 0 aliphatic heterocycles. The molecule has 18 heavy (non-hydrogen) atoms. The van der Waals surface area contributed by atoms with Gasteiger partial charge < -0.3 is 10.3 Å². The van der Waals surface area contributed by atoms with E-state index in [1.54, 1.807) is 29.5 Å². The van der Waals surface area contributed by atoms with Crippen molar-refractivity contribution in [3.8, 4) is 22.2 Å². The molecule has 0 unspecified atom stereocenters. The van der Waals surface area contributed by atoms with E-state index in [0.717, 1.165) is 4.88 Å². The Bertz CT molecular complexity index is 678. The molecule has 0 saturated carbocycles. The summed E-state index contributed by atoms with van der Waals surface area (Å²) in [6, 6.07) is 9.18. The zero-order valence-corrected chi connectivity index (χ0v) is 10.7. The maximum Gasteiger partial charge on any atom is 0.260 e. The number of halogens is 1. The highest BCUT2D eigenvalue weighted by atomic mass is 35.5. The predicted molar refractivity (Wildman–Crippen MR) is 72.5 cm³/mol. The fourth-order valence-corrected chi connectivity index (χ4v) is 2.39. The number of nitrogens with two attached hydrogens (primary N) is 1. The van der Waals surface area contributed by atoms with Crippen LogP contribution in [0.4, 0.5) is 5.69 Å². The van der Waals surface area contributed by atoms with Crippen molar-refractivity contribution in [2.75, 3.05) is 5.73 Å². The van der Waals surface area contributed by atoms with E-state index in [0.29, 0.717) is 28.0 Å². The van der Waals surface area contributed by atoms with Gasteiger partial charge in [0.2, 0.25) is 5.82 Å². The van der Waals surface area contributed by atoms with E-state index < -0.39 is 0 Å². The SMILES string of the molecule is Nc1c(Cl)cccc1-c1nc(-c2cccs2)no1. The molecule has 0 aliphatic carbocycles. The molecule has 0 radical (unpaired) electrons. The molecule has 3 aromatic rings. The molecule has 0 fully saturated rings. The third kappa shape index (κ3) is 1.87. The summed E-state index contributed by atoms with van der Waals surface area (Å²) in [5, 5.41) is 6.36. The first kappa shape index (κ1) is 11.3. The number of aromatic nitrogens is 2. The zero-order valence-electron chi connectivity index (χ0n) is 9.13. The maximum absolute atomic E-state index is 5.96. The molecule has 0 atom stereocenters. The van der Waals surface area contributed by atoms with Gasteiger partial charge in [-0.25, -0.2) is 0 Å². The first-order valence-corrected chi connectivity index (χ1v) is 6.43. The smallest absolute Gasteiger partial charge is 0.260 e. The van der Waals surface area contributed by atoms with Gasteiger partial charge in [0.1, 0.15) is 0 Å². The highest BCUT2D eigenvalue weighted by Crippen LogP contribution is 2.32. The van der Waals surface area contributed by atoms with Crippen molar-refractivity contribution in [1.82, 2.24) is 10.1 Å². The fraction of sp³-hybridized carbons (Fsp3) is 0. The van der Waals surface area contributed by atoms with Gasteiger partial charge in [-0.05, 0) is 23.6 Å². The Balaban J connectivity index is 2.06.